The quantitative estimate of drug-likeness (QED) is 0.623. The Morgan fingerprint density at radius 3 is 2.62 bits per heavy atom. The zero-order valence-electron chi connectivity index (χ0n) is 11.0. The molecule has 1 aromatic heterocycles. The van der Waals surface area contributed by atoms with Crippen LogP contribution in [0.5, 0.6) is 5.75 Å². The number of hydrogen-bond donors (Lipinski definition) is 0. The predicted octanol–water partition coefficient (Wildman–Crippen LogP) is 4.97. The van der Waals surface area contributed by atoms with Crippen molar-refractivity contribution in [3.8, 4) is 18.2 Å². The standard InChI is InChI=1S/C17H11Cl2NO/c1-2-20-9-8-13-15(10-14(18)16(19)17(13)20)21-11-12-6-4-3-5-7-12/h1,3-10H,11H2. The normalized spacial score (nSPS) is 10.5. The third-order valence-corrected chi connectivity index (χ3v) is 3.98. The van der Waals surface area contributed by atoms with Crippen LogP contribution in [0.4, 0.5) is 0 Å². The molecule has 4 heteroatoms. The van der Waals surface area contributed by atoms with Crippen molar-refractivity contribution >= 4 is 34.1 Å². The third-order valence-electron chi connectivity index (χ3n) is 3.20. The number of nitrogens with zero attached hydrogens (tertiary/aromatic N) is 1. The molecule has 104 valence electrons. The van der Waals surface area contributed by atoms with Crippen LogP contribution in [0.3, 0.4) is 0 Å². The lowest BCUT2D eigenvalue weighted by atomic mass is 10.2. The van der Waals surface area contributed by atoms with Crippen molar-refractivity contribution in [3.05, 3.63) is 64.3 Å². The van der Waals surface area contributed by atoms with Crippen molar-refractivity contribution in [2.45, 2.75) is 6.61 Å². The molecule has 21 heavy (non-hydrogen) atoms. The summed E-state index contributed by atoms with van der Waals surface area (Å²) in [5, 5.41) is 1.70. The summed E-state index contributed by atoms with van der Waals surface area (Å²) in [5.41, 5.74) is 1.77. The van der Waals surface area contributed by atoms with Crippen LogP contribution in [0, 0.1) is 12.5 Å². The van der Waals surface area contributed by atoms with E-state index in [9.17, 15) is 0 Å². The zero-order valence-corrected chi connectivity index (χ0v) is 12.5. The molecule has 3 rings (SSSR count). The van der Waals surface area contributed by atoms with Crippen LogP contribution in [0.25, 0.3) is 10.9 Å². The number of aromatic nitrogens is 1. The van der Waals surface area contributed by atoms with Gasteiger partial charge in [0.1, 0.15) is 12.4 Å². The largest absolute Gasteiger partial charge is 0.488 e. The predicted molar refractivity (Wildman–Crippen MR) is 87.0 cm³/mol. The summed E-state index contributed by atoms with van der Waals surface area (Å²) < 4.78 is 7.47. The topological polar surface area (TPSA) is 14.2 Å². The van der Waals surface area contributed by atoms with E-state index in [0.717, 1.165) is 10.9 Å². The Morgan fingerprint density at radius 1 is 1.14 bits per heavy atom. The first kappa shape index (κ1) is 13.9. The SMILES string of the molecule is C#Cn1ccc2c(OCc3ccccc3)cc(Cl)c(Cl)c21. The maximum absolute atomic E-state index is 6.24. The van der Waals surface area contributed by atoms with Crippen LogP contribution >= 0.6 is 23.2 Å². The molecular formula is C17H11Cl2NO. The van der Waals surface area contributed by atoms with Gasteiger partial charge in [-0.25, -0.2) is 0 Å². The molecule has 3 aromatic rings. The van der Waals surface area contributed by atoms with E-state index in [2.05, 4.69) is 6.04 Å². The zero-order chi connectivity index (χ0) is 14.8. The molecule has 0 unspecified atom stereocenters. The summed E-state index contributed by atoms with van der Waals surface area (Å²) in [4.78, 5) is 0. The molecule has 0 atom stereocenters. The smallest absolute Gasteiger partial charge is 0.130 e. The molecule has 0 fully saturated rings. The van der Waals surface area contributed by atoms with Gasteiger partial charge in [0.05, 0.1) is 15.6 Å². The van der Waals surface area contributed by atoms with Gasteiger partial charge in [-0.1, -0.05) is 60.0 Å². The molecule has 2 aromatic carbocycles. The monoisotopic (exact) mass is 315 g/mol. The van der Waals surface area contributed by atoms with Crippen molar-refractivity contribution in [1.82, 2.24) is 4.57 Å². The Kier molecular flexibility index (Phi) is 3.79. The molecule has 0 saturated carbocycles. The van der Waals surface area contributed by atoms with E-state index in [1.807, 2.05) is 36.4 Å². The lowest BCUT2D eigenvalue weighted by Crippen LogP contribution is -1.96. The summed E-state index contributed by atoms with van der Waals surface area (Å²) in [6.07, 6.45) is 7.23. The van der Waals surface area contributed by atoms with E-state index < -0.39 is 0 Å². The molecule has 0 aliphatic heterocycles. The molecule has 0 aliphatic rings. The van der Waals surface area contributed by atoms with E-state index in [1.54, 1.807) is 16.8 Å². The summed E-state index contributed by atoms with van der Waals surface area (Å²) in [6.45, 7) is 0.454. The third kappa shape index (κ3) is 2.58. The van der Waals surface area contributed by atoms with Crippen LogP contribution in [-0.4, -0.2) is 4.57 Å². The maximum Gasteiger partial charge on any atom is 0.130 e. The number of terminal acetylenes is 1. The number of hydrogen-bond acceptors (Lipinski definition) is 1. The van der Waals surface area contributed by atoms with Crippen molar-refractivity contribution < 1.29 is 4.74 Å². The van der Waals surface area contributed by atoms with Crippen LogP contribution in [0.1, 0.15) is 5.56 Å². The van der Waals surface area contributed by atoms with Gasteiger partial charge in [-0.3, -0.25) is 4.57 Å². The van der Waals surface area contributed by atoms with E-state index in [-0.39, 0.29) is 0 Å². The van der Waals surface area contributed by atoms with E-state index in [0.29, 0.717) is 27.9 Å². The van der Waals surface area contributed by atoms with Gasteiger partial charge in [0, 0.05) is 23.7 Å². The molecule has 0 spiro atoms. The van der Waals surface area contributed by atoms with Gasteiger partial charge >= 0.3 is 0 Å². The minimum Gasteiger partial charge on any atom is -0.488 e. The van der Waals surface area contributed by atoms with Gasteiger partial charge in [-0.15, -0.1) is 0 Å². The van der Waals surface area contributed by atoms with Crippen molar-refractivity contribution in [2.75, 3.05) is 0 Å². The first-order valence-corrected chi connectivity index (χ1v) is 7.08. The van der Waals surface area contributed by atoms with Gasteiger partial charge in [-0.05, 0) is 11.6 Å². The molecule has 1 heterocycles. The minimum absolute atomic E-state index is 0.419. The van der Waals surface area contributed by atoms with Crippen molar-refractivity contribution in [1.29, 1.82) is 0 Å². The summed E-state index contributed by atoms with van der Waals surface area (Å²) in [6, 6.07) is 16.0. The second-order valence-electron chi connectivity index (χ2n) is 4.52. The maximum atomic E-state index is 6.24. The lowest BCUT2D eigenvalue weighted by molar-refractivity contribution is 0.310. The van der Waals surface area contributed by atoms with Crippen LogP contribution in [0.15, 0.2) is 48.7 Å². The van der Waals surface area contributed by atoms with E-state index in [4.69, 9.17) is 34.4 Å². The summed E-state index contributed by atoms with van der Waals surface area (Å²) in [5.74, 6) is 0.664. The first-order valence-electron chi connectivity index (χ1n) is 6.33. The number of ether oxygens (including phenoxy) is 1. The van der Waals surface area contributed by atoms with Crippen molar-refractivity contribution in [2.24, 2.45) is 0 Å². The molecule has 0 radical (unpaired) electrons. The van der Waals surface area contributed by atoms with Crippen LogP contribution < -0.4 is 4.74 Å². The molecule has 2 nitrogen and oxygen atoms in total. The Morgan fingerprint density at radius 2 is 1.90 bits per heavy atom. The van der Waals surface area contributed by atoms with Gasteiger partial charge in [-0.2, -0.15) is 0 Å². The Labute approximate surface area is 132 Å². The molecule has 0 saturated heterocycles. The highest BCUT2D eigenvalue weighted by atomic mass is 35.5. The molecule has 0 N–H and O–H groups in total. The Hall–Kier alpha value is -2.08. The fourth-order valence-electron chi connectivity index (χ4n) is 2.19. The Balaban J connectivity index is 2.01. The minimum atomic E-state index is 0.419. The second-order valence-corrected chi connectivity index (χ2v) is 5.31. The lowest BCUT2D eigenvalue weighted by Gasteiger charge is -2.10. The molecule has 0 aliphatic carbocycles. The second kappa shape index (κ2) is 5.73. The average molecular weight is 316 g/mol. The summed E-state index contributed by atoms with van der Waals surface area (Å²) >= 11 is 12.4. The van der Waals surface area contributed by atoms with Crippen molar-refractivity contribution in [3.63, 3.8) is 0 Å². The first-order chi connectivity index (χ1) is 10.2. The molecular weight excluding hydrogens is 305 g/mol. The Bertz CT molecular complexity index is 831. The fourth-order valence-corrected chi connectivity index (χ4v) is 2.62. The van der Waals surface area contributed by atoms with Crippen LogP contribution in [-0.2, 0) is 6.61 Å². The van der Waals surface area contributed by atoms with Gasteiger partial charge in [0.15, 0.2) is 0 Å². The highest BCUT2D eigenvalue weighted by Crippen LogP contribution is 2.38. The number of fused-ring (bicyclic) bond motifs is 1. The molecule has 0 amide bonds. The van der Waals surface area contributed by atoms with Gasteiger partial charge in [0.25, 0.3) is 0 Å². The van der Waals surface area contributed by atoms with Gasteiger partial charge in [0.2, 0.25) is 0 Å². The number of halogens is 2. The highest BCUT2D eigenvalue weighted by molar-refractivity contribution is 6.45. The fraction of sp³-hybridized carbons (Fsp3) is 0.0588. The molecule has 0 bridgehead atoms. The number of benzene rings is 2. The number of rotatable bonds is 3. The van der Waals surface area contributed by atoms with Gasteiger partial charge < -0.3 is 4.74 Å². The summed E-state index contributed by atoms with van der Waals surface area (Å²) in [7, 11) is 0. The average Bonchev–Trinajstić information content (AvgIpc) is 2.95. The van der Waals surface area contributed by atoms with Crippen LogP contribution in [0.2, 0.25) is 10.0 Å². The van der Waals surface area contributed by atoms with E-state index in [1.165, 1.54) is 0 Å². The van der Waals surface area contributed by atoms with E-state index >= 15 is 0 Å². The highest BCUT2D eigenvalue weighted by Gasteiger charge is 2.14.